The van der Waals surface area contributed by atoms with Crippen LogP contribution < -0.4 is 0 Å². The van der Waals surface area contributed by atoms with Crippen molar-refractivity contribution < 1.29 is 4.79 Å². The van der Waals surface area contributed by atoms with Crippen LogP contribution in [-0.4, -0.2) is 15.7 Å². The Morgan fingerprint density at radius 1 is 1.24 bits per heavy atom. The summed E-state index contributed by atoms with van der Waals surface area (Å²) in [6, 6.07) is 6.85. The minimum Gasteiger partial charge on any atom is -0.267 e. The van der Waals surface area contributed by atoms with Gasteiger partial charge < -0.3 is 0 Å². The fourth-order valence-corrected chi connectivity index (χ4v) is 1.82. The van der Waals surface area contributed by atoms with E-state index < -0.39 is 0 Å². The summed E-state index contributed by atoms with van der Waals surface area (Å²) in [5.74, 6) is -0.258. The second kappa shape index (κ2) is 5.17. The van der Waals surface area contributed by atoms with Crippen molar-refractivity contribution in [1.29, 1.82) is 0 Å². The summed E-state index contributed by atoms with van der Waals surface area (Å²) >= 11 is 11.9. The zero-order valence-corrected chi connectivity index (χ0v) is 10.2. The lowest BCUT2D eigenvalue weighted by Crippen LogP contribution is -2.06. The third-order valence-corrected chi connectivity index (χ3v) is 2.78. The molecule has 0 N–H and O–H groups in total. The van der Waals surface area contributed by atoms with Crippen LogP contribution in [0.15, 0.2) is 42.7 Å². The number of aromatic nitrogens is 2. The van der Waals surface area contributed by atoms with Crippen molar-refractivity contribution in [2.75, 3.05) is 0 Å². The predicted octanol–water partition coefficient (Wildman–Crippen LogP) is 3.54. The zero-order valence-electron chi connectivity index (χ0n) is 8.68. The van der Waals surface area contributed by atoms with E-state index in [9.17, 15) is 4.79 Å². The number of hydrogen-bond donors (Lipinski definition) is 0. The highest BCUT2D eigenvalue weighted by Crippen LogP contribution is 2.25. The second-order valence-corrected chi connectivity index (χ2v) is 4.07. The summed E-state index contributed by atoms with van der Waals surface area (Å²) in [6.07, 6.45) is 6.06. The fraction of sp³-hybridized carbons (Fsp3) is 0. The summed E-state index contributed by atoms with van der Waals surface area (Å²) in [7, 11) is 0. The molecule has 0 radical (unpaired) electrons. The second-order valence-electron chi connectivity index (χ2n) is 3.26. The molecule has 17 heavy (non-hydrogen) atoms. The quantitative estimate of drug-likeness (QED) is 0.780. The first-order chi connectivity index (χ1) is 8.18. The van der Waals surface area contributed by atoms with Crippen molar-refractivity contribution >= 4 is 35.2 Å². The molecule has 1 aromatic carbocycles. The van der Waals surface area contributed by atoms with E-state index in [0.717, 1.165) is 0 Å². The van der Waals surface area contributed by atoms with E-state index >= 15 is 0 Å². The minimum atomic E-state index is -0.258. The van der Waals surface area contributed by atoms with Gasteiger partial charge in [-0.15, -0.1) is 0 Å². The van der Waals surface area contributed by atoms with Gasteiger partial charge in [0.15, 0.2) is 0 Å². The Balaban J connectivity index is 2.24. The van der Waals surface area contributed by atoms with Gasteiger partial charge in [0.25, 0.3) is 5.91 Å². The number of allylic oxidation sites excluding steroid dienone is 1. The maximum Gasteiger partial charge on any atom is 0.270 e. The van der Waals surface area contributed by atoms with Gasteiger partial charge >= 0.3 is 0 Å². The van der Waals surface area contributed by atoms with Gasteiger partial charge in [0.1, 0.15) is 0 Å². The van der Waals surface area contributed by atoms with Gasteiger partial charge in [-0.1, -0.05) is 29.3 Å². The van der Waals surface area contributed by atoms with Crippen molar-refractivity contribution in [3.05, 3.63) is 58.3 Å². The topological polar surface area (TPSA) is 34.9 Å². The molecule has 0 spiro atoms. The summed E-state index contributed by atoms with van der Waals surface area (Å²) in [6.45, 7) is 0. The Kier molecular flexibility index (Phi) is 3.61. The average molecular weight is 267 g/mol. The van der Waals surface area contributed by atoms with Crippen LogP contribution in [0.5, 0.6) is 0 Å². The molecule has 0 fully saturated rings. The Morgan fingerprint density at radius 3 is 2.53 bits per heavy atom. The largest absolute Gasteiger partial charge is 0.270 e. The van der Waals surface area contributed by atoms with E-state index in [-0.39, 0.29) is 5.91 Å². The number of hydrogen-bond acceptors (Lipinski definition) is 2. The van der Waals surface area contributed by atoms with Gasteiger partial charge in [-0.05, 0) is 24.3 Å². The van der Waals surface area contributed by atoms with Crippen molar-refractivity contribution in [2.45, 2.75) is 0 Å². The van der Waals surface area contributed by atoms with Crippen LogP contribution in [0.2, 0.25) is 10.0 Å². The van der Waals surface area contributed by atoms with Crippen LogP contribution in [-0.2, 0) is 0 Å². The third-order valence-electron chi connectivity index (χ3n) is 2.12. The molecule has 3 nitrogen and oxygen atoms in total. The highest BCUT2D eigenvalue weighted by molar-refractivity contribution is 6.37. The summed E-state index contributed by atoms with van der Waals surface area (Å²) in [5, 5.41) is 4.83. The van der Waals surface area contributed by atoms with Gasteiger partial charge in [-0.2, -0.15) is 5.10 Å². The SMILES string of the molecule is O=C(C=Cc1c(Cl)cccc1Cl)n1cccn1. The van der Waals surface area contributed by atoms with Crippen LogP contribution in [0, 0.1) is 0 Å². The van der Waals surface area contributed by atoms with Crippen LogP contribution in [0.4, 0.5) is 0 Å². The zero-order chi connectivity index (χ0) is 12.3. The van der Waals surface area contributed by atoms with E-state index in [4.69, 9.17) is 23.2 Å². The molecule has 0 unspecified atom stereocenters. The third kappa shape index (κ3) is 2.75. The molecule has 1 aromatic heterocycles. The predicted molar refractivity (Wildman–Crippen MR) is 68.3 cm³/mol. The molecular formula is C12H8Cl2N2O. The highest BCUT2D eigenvalue weighted by Gasteiger charge is 2.03. The van der Waals surface area contributed by atoms with Gasteiger partial charge in [0.2, 0.25) is 0 Å². The number of benzene rings is 1. The number of rotatable bonds is 2. The standard InChI is InChI=1S/C12H8Cl2N2O/c13-10-3-1-4-11(14)9(10)5-6-12(17)16-8-2-7-15-16/h1-8H. The first-order valence-electron chi connectivity index (χ1n) is 4.84. The van der Waals surface area contributed by atoms with E-state index in [1.807, 2.05) is 0 Å². The van der Waals surface area contributed by atoms with E-state index in [1.165, 1.54) is 17.0 Å². The Labute approximate surface area is 108 Å². The number of nitrogens with zero attached hydrogens (tertiary/aromatic N) is 2. The number of carbonyl (C=O) groups is 1. The van der Waals surface area contributed by atoms with Crippen molar-refractivity contribution in [3.63, 3.8) is 0 Å². The Morgan fingerprint density at radius 2 is 1.94 bits per heavy atom. The molecule has 2 rings (SSSR count). The molecule has 86 valence electrons. The highest BCUT2D eigenvalue weighted by atomic mass is 35.5. The van der Waals surface area contributed by atoms with Crippen LogP contribution in [0.25, 0.3) is 6.08 Å². The maximum atomic E-state index is 11.6. The van der Waals surface area contributed by atoms with Crippen LogP contribution >= 0.6 is 23.2 Å². The monoisotopic (exact) mass is 266 g/mol. The summed E-state index contributed by atoms with van der Waals surface area (Å²) < 4.78 is 1.22. The van der Waals surface area contributed by atoms with Crippen molar-refractivity contribution in [3.8, 4) is 0 Å². The summed E-state index contributed by atoms with van der Waals surface area (Å²) in [5.41, 5.74) is 0.622. The lowest BCUT2D eigenvalue weighted by atomic mass is 10.2. The molecule has 0 bridgehead atoms. The van der Waals surface area contributed by atoms with Gasteiger partial charge in [-0.3, -0.25) is 4.79 Å². The van der Waals surface area contributed by atoms with Crippen LogP contribution in [0.3, 0.4) is 0 Å². The smallest absolute Gasteiger partial charge is 0.267 e. The van der Waals surface area contributed by atoms with Gasteiger partial charge in [-0.25, -0.2) is 4.68 Å². The fourth-order valence-electron chi connectivity index (χ4n) is 1.30. The van der Waals surface area contributed by atoms with E-state index in [2.05, 4.69) is 5.10 Å². The molecule has 0 saturated carbocycles. The number of halogens is 2. The molecular weight excluding hydrogens is 259 g/mol. The lowest BCUT2D eigenvalue weighted by Gasteiger charge is -2.00. The summed E-state index contributed by atoms with van der Waals surface area (Å²) in [4.78, 5) is 11.6. The minimum absolute atomic E-state index is 0.258. The average Bonchev–Trinajstić information content (AvgIpc) is 2.81. The van der Waals surface area contributed by atoms with E-state index in [1.54, 1.807) is 36.5 Å². The molecule has 1 heterocycles. The van der Waals surface area contributed by atoms with Crippen molar-refractivity contribution in [1.82, 2.24) is 9.78 Å². The Hall–Kier alpha value is -1.58. The molecule has 0 aliphatic rings. The van der Waals surface area contributed by atoms with Gasteiger partial charge in [0, 0.05) is 34.1 Å². The Bertz CT molecular complexity index is 542. The molecule has 0 atom stereocenters. The normalized spacial score (nSPS) is 10.9. The molecule has 0 saturated heterocycles. The van der Waals surface area contributed by atoms with Crippen LogP contribution in [0.1, 0.15) is 10.4 Å². The lowest BCUT2D eigenvalue weighted by molar-refractivity contribution is 0.0955. The molecule has 5 heteroatoms. The molecule has 0 aliphatic carbocycles. The first kappa shape index (κ1) is 11.9. The maximum absolute atomic E-state index is 11.6. The van der Waals surface area contributed by atoms with Gasteiger partial charge in [0.05, 0.1) is 0 Å². The van der Waals surface area contributed by atoms with E-state index in [0.29, 0.717) is 15.6 Å². The number of carbonyl (C=O) groups excluding carboxylic acids is 1. The molecule has 0 aliphatic heterocycles. The molecule has 2 aromatic rings. The first-order valence-corrected chi connectivity index (χ1v) is 5.60. The van der Waals surface area contributed by atoms with Crippen molar-refractivity contribution in [2.24, 2.45) is 0 Å². The molecule has 0 amide bonds.